The van der Waals surface area contributed by atoms with E-state index in [1.807, 2.05) is 0 Å². The van der Waals surface area contributed by atoms with Gasteiger partial charge in [-0.15, -0.1) is 0 Å². The molecule has 0 aromatic carbocycles. The molecule has 0 saturated carbocycles. The SMILES string of the molecule is CN1Cc2nc3n(c2C1)CCNC3. The summed E-state index contributed by atoms with van der Waals surface area (Å²) in [7, 11) is 2.15. The third kappa shape index (κ3) is 1.02. The van der Waals surface area contributed by atoms with Gasteiger partial charge in [-0.2, -0.15) is 0 Å². The van der Waals surface area contributed by atoms with E-state index in [-0.39, 0.29) is 0 Å². The summed E-state index contributed by atoms with van der Waals surface area (Å²) in [6, 6.07) is 0. The molecule has 1 N–H and O–H groups in total. The van der Waals surface area contributed by atoms with Gasteiger partial charge < -0.3 is 9.88 Å². The van der Waals surface area contributed by atoms with Crippen molar-refractivity contribution in [3.05, 3.63) is 17.2 Å². The van der Waals surface area contributed by atoms with Crippen molar-refractivity contribution in [2.45, 2.75) is 26.2 Å². The Hall–Kier alpha value is -0.870. The predicted molar refractivity (Wildman–Crippen MR) is 49.1 cm³/mol. The average molecular weight is 178 g/mol. The first-order valence-electron chi connectivity index (χ1n) is 4.81. The molecule has 3 rings (SSSR count). The Balaban J connectivity index is 2.07. The van der Waals surface area contributed by atoms with Gasteiger partial charge in [0.05, 0.1) is 17.9 Å². The molecule has 0 fully saturated rings. The van der Waals surface area contributed by atoms with E-state index in [2.05, 4.69) is 26.8 Å². The van der Waals surface area contributed by atoms with Crippen molar-refractivity contribution in [2.75, 3.05) is 13.6 Å². The first-order valence-corrected chi connectivity index (χ1v) is 4.81. The van der Waals surface area contributed by atoms with Crippen LogP contribution in [0.25, 0.3) is 0 Å². The van der Waals surface area contributed by atoms with Crippen LogP contribution >= 0.6 is 0 Å². The number of fused-ring (bicyclic) bond motifs is 3. The van der Waals surface area contributed by atoms with E-state index in [0.717, 1.165) is 32.7 Å². The van der Waals surface area contributed by atoms with Gasteiger partial charge >= 0.3 is 0 Å². The fourth-order valence-electron chi connectivity index (χ4n) is 2.25. The van der Waals surface area contributed by atoms with E-state index in [0.29, 0.717) is 0 Å². The molecule has 1 aromatic rings. The minimum atomic E-state index is 0.941. The molecule has 0 aliphatic carbocycles. The molecule has 0 radical (unpaired) electrons. The van der Waals surface area contributed by atoms with E-state index >= 15 is 0 Å². The summed E-state index contributed by atoms with van der Waals surface area (Å²) in [5.41, 5.74) is 2.74. The Bertz CT molecular complexity index is 342. The lowest BCUT2D eigenvalue weighted by atomic mass is 10.3. The molecule has 1 aromatic heterocycles. The molecule has 0 bridgehead atoms. The molecule has 0 saturated heterocycles. The maximum Gasteiger partial charge on any atom is 0.123 e. The fourth-order valence-corrected chi connectivity index (χ4v) is 2.25. The summed E-state index contributed by atoms with van der Waals surface area (Å²) in [4.78, 5) is 6.95. The second kappa shape index (κ2) is 2.56. The van der Waals surface area contributed by atoms with Gasteiger partial charge in [0.25, 0.3) is 0 Å². The zero-order valence-electron chi connectivity index (χ0n) is 7.88. The normalized spacial score (nSPS) is 21.6. The summed E-state index contributed by atoms with van der Waals surface area (Å²) >= 11 is 0. The fraction of sp³-hybridized carbons (Fsp3) is 0.667. The monoisotopic (exact) mass is 178 g/mol. The van der Waals surface area contributed by atoms with Gasteiger partial charge in [-0.25, -0.2) is 4.98 Å². The van der Waals surface area contributed by atoms with Gasteiger partial charge in [-0.1, -0.05) is 0 Å². The highest BCUT2D eigenvalue weighted by atomic mass is 15.2. The summed E-state index contributed by atoms with van der Waals surface area (Å²) in [5.74, 6) is 1.23. The van der Waals surface area contributed by atoms with Crippen molar-refractivity contribution >= 4 is 0 Å². The second-order valence-electron chi connectivity index (χ2n) is 3.92. The van der Waals surface area contributed by atoms with E-state index in [9.17, 15) is 0 Å². The Morgan fingerprint density at radius 2 is 2.31 bits per heavy atom. The maximum atomic E-state index is 4.64. The average Bonchev–Trinajstić information content (AvgIpc) is 2.60. The van der Waals surface area contributed by atoms with E-state index in [4.69, 9.17) is 0 Å². The number of rotatable bonds is 0. The highest BCUT2D eigenvalue weighted by Gasteiger charge is 2.25. The maximum absolute atomic E-state index is 4.64. The number of imidazole rings is 1. The van der Waals surface area contributed by atoms with Crippen molar-refractivity contribution in [3.63, 3.8) is 0 Å². The molecule has 0 atom stereocenters. The number of nitrogens with zero attached hydrogens (tertiary/aromatic N) is 3. The van der Waals surface area contributed by atoms with E-state index in [1.54, 1.807) is 0 Å². The van der Waals surface area contributed by atoms with Crippen molar-refractivity contribution in [1.82, 2.24) is 19.8 Å². The van der Waals surface area contributed by atoms with Crippen LogP contribution in [0.4, 0.5) is 0 Å². The van der Waals surface area contributed by atoms with Crippen LogP contribution in [0.2, 0.25) is 0 Å². The van der Waals surface area contributed by atoms with Crippen molar-refractivity contribution in [2.24, 2.45) is 0 Å². The first-order chi connectivity index (χ1) is 6.34. The van der Waals surface area contributed by atoms with Gasteiger partial charge in [0.15, 0.2) is 0 Å². The van der Waals surface area contributed by atoms with Crippen molar-refractivity contribution in [3.8, 4) is 0 Å². The number of aromatic nitrogens is 2. The lowest BCUT2D eigenvalue weighted by Gasteiger charge is -2.17. The Kier molecular flexibility index (Phi) is 1.48. The number of nitrogens with one attached hydrogen (secondary N) is 1. The molecule has 0 spiro atoms. The first kappa shape index (κ1) is 7.53. The van der Waals surface area contributed by atoms with E-state index < -0.39 is 0 Å². The molecule has 0 amide bonds. The van der Waals surface area contributed by atoms with Crippen LogP contribution < -0.4 is 5.32 Å². The lowest BCUT2D eigenvalue weighted by Crippen LogP contribution is -2.29. The summed E-state index contributed by atoms with van der Waals surface area (Å²) < 4.78 is 2.38. The van der Waals surface area contributed by atoms with Gasteiger partial charge in [-0.05, 0) is 7.05 Å². The summed E-state index contributed by atoms with van der Waals surface area (Å²) in [6.07, 6.45) is 0. The zero-order valence-corrected chi connectivity index (χ0v) is 7.88. The minimum Gasteiger partial charge on any atom is -0.328 e. The summed E-state index contributed by atoms with van der Waals surface area (Å²) in [6.45, 7) is 5.21. The molecule has 2 aliphatic rings. The smallest absolute Gasteiger partial charge is 0.123 e. The van der Waals surface area contributed by atoms with Gasteiger partial charge in [0.2, 0.25) is 0 Å². The van der Waals surface area contributed by atoms with E-state index in [1.165, 1.54) is 17.2 Å². The molecular weight excluding hydrogens is 164 g/mol. The molecule has 3 heterocycles. The quantitative estimate of drug-likeness (QED) is 0.604. The molecule has 2 aliphatic heterocycles. The van der Waals surface area contributed by atoms with Crippen molar-refractivity contribution < 1.29 is 0 Å². The van der Waals surface area contributed by atoms with Crippen LogP contribution in [0.1, 0.15) is 17.2 Å². The lowest BCUT2D eigenvalue weighted by molar-refractivity contribution is 0.337. The second-order valence-corrected chi connectivity index (χ2v) is 3.92. The van der Waals surface area contributed by atoms with Crippen LogP contribution in [0.15, 0.2) is 0 Å². The van der Waals surface area contributed by atoms with Crippen LogP contribution in [-0.2, 0) is 26.2 Å². The Morgan fingerprint density at radius 3 is 3.23 bits per heavy atom. The van der Waals surface area contributed by atoms with Gasteiger partial charge in [0.1, 0.15) is 5.82 Å². The molecular formula is C9H14N4. The van der Waals surface area contributed by atoms with Crippen LogP contribution in [0, 0.1) is 0 Å². The zero-order chi connectivity index (χ0) is 8.84. The topological polar surface area (TPSA) is 33.1 Å². The highest BCUT2D eigenvalue weighted by Crippen LogP contribution is 2.23. The number of hydrogen-bond donors (Lipinski definition) is 1. The van der Waals surface area contributed by atoms with Gasteiger partial charge in [-0.3, -0.25) is 4.90 Å². The van der Waals surface area contributed by atoms with Gasteiger partial charge in [0, 0.05) is 26.2 Å². The van der Waals surface area contributed by atoms with Crippen molar-refractivity contribution in [1.29, 1.82) is 0 Å². The molecule has 4 nitrogen and oxygen atoms in total. The highest BCUT2D eigenvalue weighted by molar-refractivity contribution is 5.22. The Morgan fingerprint density at radius 1 is 1.38 bits per heavy atom. The van der Waals surface area contributed by atoms with Crippen LogP contribution in [0.3, 0.4) is 0 Å². The molecule has 4 heteroatoms. The van der Waals surface area contributed by atoms with Crippen LogP contribution in [0.5, 0.6) is 0 Å². The third-order valence-corrected chi connectivity index (χ3v) is 2.87. The number of hydrogen-bond acceptors (Lipinski definition) is 3. The molecule has 70 valence electrons. The predicted octanol–water partition coefficient (Wildman–Crippen LogP) is -0.0683. The molecule has 13 heavy (non-hydrogen) atoms. The Labute approximate surface area is 77.6 Å². The third-order valence-electron chi connectivity index (χ3n) is 2.87. The largest absolute Gasteiger partial charge is 0.328 e. The summed E-state index contributed by atoms with van der Waals surface area (Å²) in [5, 5.41) is 3.34. The minimum absolute atomic E-state index is 0.941. The molecule has 0 unspecified atom stereocenters. The van der Waals surface area contributed by atoms with Crippen LogP contribution in [-0.4, -0.2) is 28.0 Å². The standard InChI is InChI=1S/C9H14N4/c1-12-5-7-8(6-12)13-3-2-10-4-9(13)11-7/h10H,2-6H2,1H3.